The van der Waals surface area contributed by atoms with E-state index in [1.807, 2.05) is 57.5 Å². The zero-order valence-electron chi connectivity index (χ0n) is 23.6. The Hall–Kier alpha value is -4.74. The summed E-state index contributed by atoms with van der Waals surface area (Å²) in [5, 5.41) is 15.5. The van der Waals surface area contributed by atoms with Gasteiger partial charge in [0.05, 0.1) is 11.4 Å². The second kappa shape index (κ2) is 11.4. The molecule has 3 fully saturated rings. The van der Waals surface area contributed by atoms with E-state index in [-0.39, 0.29) is 23.6 Å². The standard InChI is InChI=1S/C11H13NO.C7H7N3.C6H6N4.C5H7NO2/c1-6-9-7-3-4-8(5-7)10(9)11(13)12(6)2;1-10-7-5-3-2-4-6(7)8-9-10;1-10-6-5(8-9-10)3-2-4-7-6;1-6-4(7)2-3-5(6)8/h3-4,7-10H,1,5H2,2H3;2-5H,1H3;2-4H,1H3;2-3H2,1H3. The monoisotopic (exact) mass is 555 g/mol. The van der Waals surface area contributed by atoms with Crippen LogP contribution in [0.25, 0.3) is 22.2 Å². The molecule has 3 amide bonds. The molecule has 212 valence electrons. The van der Waals surface area contributed by atoms with Gasteiger partial charge in [0.25, 0.3) is 0 Å². The van der Waals surface area contributed by atoms with E-state index in [1.54, 1.807) is 20.5 Å². The molecule has 4 unspecified atom stereocenters. The molecule has 1 aromatic carbocycles. The topological polar surface area (TPSA) is 132 Å². The van der Waals surface area contributed by atoms with Gasteiger partial charge in [0.1, 0.15) is 11.0 Å². The number of para-hydroxylation sites is 1. The predicted octanol–water partition coefficient (Wildman–Crippen LogP) is 2.51. The first-order valence-electron chi connectivity index (χ1n) is 13.5. The number of carbonyl (C=O) groups is 3. The smallest absolute Gasteiger partial charge is 0.230 e. The van der Waals surface area contributed by atoms with Crippen molar-refractivity contribution in [1.29, 1.82) is 0 Å². The number of rotatable bonds is 0. The van der Waals surface area contributed by atoms with E-state index >= 15 is 0 Å². The third kappa shape index (κ3) is 5.37. The summed E-state index contributed by atoms with van der Waals surface area (Å²) in [4.78, 5) is 39.8. The van der Waals surface area contributed by atoms with Crippen LogP contribution in [0.3, 0.4) is 0 Å². The Morgan fingerprint density at radius 2 is 1.37 bits per heavy atom. The maximum Gasteiger partial charge on any atom is 0.230 e. The summed E-state index contributed by atoms with van der Waals surface area (Å²) in [7, 11) is 7.07. The van der Waals surface area contributed by atoms with E-state index in [2.05, 4.69) is 44.3 Å². The van der Waals surface area contributed by atoms with Crippen LogP contribution >= 0.6 is 0 Å². The second-order valence-electron chi connectivity index (χ2n) is 10.5. The Balaban J connectivity index is 0.000000112. The van der Waals surface area contributed by atoms with Crippen molar-refractivity contribution in [2.45, 2.75) is 19.3 Å². The van der Waals surface area contributed by atoms with Crippen LogP contribution in [0.1, 0.15) is 19.3 Å². The van der Waals surface area contributed by atoms with Crippen molar-refractivity contribution >= 4 is 39.9 Å². The molecule has 1 saturated carbocycles. The number of likely N-dealkylation sites (tertiary alicyclic amines) is 2. The molecule has 2 aliphatic heterocycles. The Morgan fingerprint density at radius 3 is 1.98 bits per heavy atom. The lowest BCUT2D eigenvalue weighted by molar-refractivity contribution is -0.136. The minimum Gasteiger partial charge on any atom is -0.319 e. The number of nitrogens with zero attached hydrogens (tertiary/aromatic N) is 9. The van der Waals surface area contributed by atoms with Gasteiger partial charge in [-0.15, -0.1) is 10.2 Å². The lowest BCUT2D eigenvalue weighted by atomic mass is 9.84. The predicted molar refractivity (Wildman–Crippen MR) is 151 cm³/mol. The molecule has 4 aliphatic rings. The van der Waals surface area contributed by atoms with Crippen molar-refractivity contribution in [3.63, 3.8) is 0 Å². The van der Waals surface area contributed by atoms with Crippen molar-refractivity contribution in [3.05, 3.63) is 67.0 Å². The first-order chi connectivity index (χ1) is 19.7. The molecule has 12 heteroatoms. The van der Waals surface area contributed by atoms with E-state index in [4.69, 9.17) is 0 Å². The summed E-state index contributed by atoms with van der Waals surface area (Å²) in [5.74, 6) is 1.91. The molecule has 8 rings (SSSR count). The highest BCUT2D eigenvalue weighted by Crippen LogP contribution is 2.55. The zero-order valence-corrected chi connectivity index (χ0v) is 23.6. The molecule has 0 radical (unpaired) electrons. The largest absolute Gasteiger partial charge is 0.319 e. The molecule has 4 atom stereocenters. The van der Waals surface area contributed by atoms with Crippen molar-refractivity contribution in [2.24, 2.45) is 37.8 Å². The number of benzene rings is 1. The highest BCUT2D eigenvalue weighted by Gasteiger charge is 2.55. The number of pyridine rings is 1. The molecule has 41 heavy (non-hydrogen) atoms. The highest BCUT2D eigenvalue weighted by atomic mass is 16.2. The van der Waals surface area contributed by atoms with Crippen molar-refractivity contribution in [2.75, 3.05) is 14.1 Å². The molecule has 2 bridgehead atoms. The number of aryl methyl sites for hydroxylation is 2. The lowest BCUT2D eigenvalue weighted by Gasteiger charge is -2.17. The minimum atomic E-state index is -0.0602. The molecular weight excluding hydrogens is 522 g/mol. The highest BCUT2D eigenvalue weighted by molar-refractivity contribution is 6.01. The average molecular weight is 556 g/mol. The lowest BCUT2D eigenvalue weighted by Crippen LogP contribution is -2.24. The molecule has 0 N–H and O–H groups in total. The number of amides is 3. The van der Waals surface area contributed by atoms with Gasteiger partial charge in [0, 0.05) is 58.8 Å². The van der Waals surface area contributed by atoms with Crippen LogP contribution in [-0.2, 0) is 28.5 Å². The number of allylic oxidation sites excluding steroid dienone is 3. The maximum absolute atomic E-state index is 11.8. The fraction of sp³-hybridized carbons (Fsp3) is 0.379. The fourth-order valence-corrected chi connectivity index (χ4v) is 5.75. The quantitative estimate of drug-likeness (QED) is 0.239. The molecular formula is C29H33N9O3. The van der Waals surface area contributed by atoms with Gasteiger partial charge in [0.2, 0.25) is 17.7 Å². The third-order valence-corrected chi connectivity index (χ3v) is 8.07. The van der Waals surface area contributed by atoms with Crippen molar-refractivity contribution in [1.82, 2.24) is 44.8 Å². The summed E-state index contributed by atoms with van der Waals surface area (Å²) in [6.07, 6.45) is 8.18. The Labute approximate surface area is 237 Å². The molecule has 2 aliphatic carbocycles. The third-order valence-electron chi connectivity index (χ3n) is 8.07. The molecule has 4 aromatic rings. The number of carbonyl (C=O) groups excluding carboxylic acids is 3. The zero-order chi connectivity index (χ0) is 29.3. The van der Waals surface area contributed by atoms with Crippen LogP contribution in [-0.4, -0.2) is 76.6 Å². The van der Waals surface area contributed by atoms with Crippen molar-refractivity contribution < 1.29 is 14.4 Å². The molecule has 0 spiro atoms. The Morgan fingerprint density at radius 1 is 0.756 bits per heavy atom. The summed E-state index contributed by atoms with van der Waals surface area (Å²) in [6.45, 7) is 4.02. The number of aromatic nitrogens is 7. The first kappa shape index (κ1) is 27.8. The van der Waals surface area contributed by atoms with Gasteiger partial charge in [-0.05, 0) is 42.5 Å². The summed E-state index contributed by atoms with van der Waals surface area (Å²) in [6, 6.07) is 11.6. The van der Waals surface area contributed by atoms with E-state index in [1.165, 1.54) is 18.4 Å². The van der Waals surface area contributed by atoms with E-state index < -0.39 is 0 Å². The minimum absolute atomic E-state index is 0.0602. The van der Waals surface area contributed by atoms with E-state index in [0.29, 0.717) is 30.6 Å². The van der Waals surface area contributed by atoms with Crippen LogP contribution in [0.15, 0.2) is 67.0 Å². The van der Waals surface area contributed by atoms with E-state index in [9.17, 15) is 14.4 Å². The van der Waals surface area contributed by atoms with Gasteiger partial charge in [-0.3, -0.25) is 19.3 Å². The van der Waals surface area contributed by atoms with Gasteiger partial charge in [-0.1, -0.05) is 41.3 Å². The van der Waals surface area contributed by atoms with Crippen LogP contribution in [0.2, 0.25) is 0 Å². The summed E-state index contributed by atoms with van der Waals surface area (Å²) >= 11 is 0. The second-order valence-corrected chi connectivity index (χ2v) is 10.5. The normalized spacial score (nSPS) is 23.8. The average Bonchev–Trinajstić information content (AvgIpc) is 3.85. The van der Waals surface area contributed by atoms with Crippen LogP contribution < -0.4 is 0 Å². The maximum atomic E-state index is 11.8. The fourth-order valence-electron chi connectivity index (χ4n) is 5.75. The van der Waals surface area contributed by atoms with E-state index in [0.717, 1.165) is 27.9 Å². The molecule has 3 aromatic heterocycles. The first-order valence-corrected chi connectivity index (χ1v) is 13.5. The SMILES string of the molecule is C=C1C2C3C=CC(C3)C2C(=O)N1C.CN1C(=O)CCC1=O.Cn1nnc2ccccc21.Cn1nnc2cccnc21. The van der Waals surface area contributed by atoms with Gasteiger partial charge < -0.3 is 4.90 Å². The summed E-state index contributed by atoms with van der Waals surface area (Å²) in [5.41, 5.74) is 4.71. The van der Waals surface area contributed by atoms with Crippen molar-refractivity contribution in [3.8, 4) is 0 Å². The Kier molecular flexibility index (Phi) is 7.73. The van der Waals surface area contributed by atoms with Crippen LogP contribution in [0, 0.1) is 23.7 Å². The van der Waals surface area contributed by atoms with Crippen LogP contribution in [0.5, 0.6) is 0 Å². The Bertz CT molecular complexity index is 1540. The van der Waals surface area contributed by atoms with Gasteiger partial charge >= 0.3 is 0 Å². The molecule has 2 saturated heterocycles. The van der Waals surface area contributed by atoms with Crippen LogP contribution in [0.4, 0.5) is 0 Å². The number of hydrogen-bond donors (Lipinski definition) is 0. The van der Waals surface area contributed by atoms with Gasteiger partial charge in [-0.25, -0.2) is 14.3 Å². The van der Waals surface area contributed by atoms with Gasteiger partial charge in [0.15, 0.2) is 5.65 Å². The molecule has 12 nitrogen and oxygen atoms in total. The van der Waals surface area contributed by atoms with Gasteiger partial charge in [-0.2, -0.15) is 0 Å². The number of hydrogen-bond acceptors (Lipinski definition) is 8. The summed E-state index contributed by atoms with van der Waals surface area (Å²) < 4.78 is 3.41. The number of fused-ring (bicyclic) bond motifs is 7. The molecule has 5 heterocycles. The number of imide groups is 1.